The monoisotopic (exact) mass is 298 g/mol. The predicted octanol–water partition coefficient (Wildman–Crippen LogP) is 2.76. The van der Waals surface area contributed by atoms with E-state index in [1.54, 1.807) is 6.26 Å². The molecule has 1 aromatic heterocycles. The quantitative estimate of drug-likeness (QED) is 0.851. The molecule has 2 heterocycles. The van der Waals surface area contributed by atoms with E-state index in [1.165, 1.54) is 0 Å². The molecule has 0 unspecified atom stereocenters. The van der Waals surface area contributed by atoms with Gasteiger partial charge in [0.25, 0.3) is 0 Å². The molecule has 4 heteroatoms. The SMILES string of the molecule is CN1CC[C@H](C(=O)N(Cc2ccccc2)Cc2ccco2)C1. The van der Waals surface area contributed by atoms with Crippen molar-refractivity contribution in [2.75, 3.05) is 20.1 Å². The molecule has 1 aliphatic heterocycles. The Hall–Kier alpha value is -2.07. The van der Waals surface area contributed by atoms with Crippen LogP contribution in [0.15, 0.2) is 53.1 Å². The summed E-state index contributed by atoms with van der Waals surface area (Å²) in [6.07, 6.45) is 2.60. The summed E-state index contributed by atoms with van der Waals surface area (Å²) >= 11 is 0. The fourth-order valence-corrected chi connectivity index (χ4v) is 3.00. The largest absolute Gasteiger partial charge is 0.467 e. The van der Waals surface area contributed by atoms with Crippen LogP contribution < -0.4 is 0 Å². The molecule has 1 saturated heterocycles. The molecule has 0 N–H and O–H groups in total. The molecule has 0 radical (unpaired) electrons. The highest BCUT2D eigenvalue weighted by Gasteiger charge is 2.30. The van der Waals surface area contributed by atoms with Gasteiger partial charge in [0.05, 0.1) is 18.7 Å². The molecule has 2 aromatic rings. The zero-order chi connectivity index (χ0) is 15.4. The fraction of sp³-hybridized carbons (Fsp3) is 0.389. The number of carbonyl (C=O) groups excluding carboxylic acids is 1. The third-order valence-electron chi connectivity index (χ3n) is 4.20. The molecule has 0 bridgehead atoms. The molecule has 1 atom stereocenters. The molecule has 1 fully saturated rings. The van der Waals surface area contributed by atoms with Gasteiger partial charge in [-0.05, 0) is 37.7 Å². The minimum atomic E-state index is 0.101. The number of likely N-dealkylation sites (tertiary alicyclic amines) is 1. The topological polar surface area (TPSA) is 36.7 Å². The minimum absolute atomic E-state index is 0.101. The van der Waals surface area contributed by atoms with Crippen LogP contribution >= 0.6 is 0 Å². The van der Waals surface area contributed by atoms with E-state index < -0.39 is 0 Å². The molecule has 1 amide bonds. The number of hydrogen-bond donors (Lipinski definition) is 0. The van der Waals surface area contributed by atoms with Crippen LogP contribution in [0, 0.1) is 5.92 Å². The number of amides is 1. The number of nitrogens with zero attached hydrogens (tertiary/aromatic N) is 2. The highest BCUT2D eigenvalue weighted by atomic mass is 16.3. The summed E-state index contributed by atoms with van der Waals surface area (Å²) in [5.41, 5.74) is 1.15. The van der Waals surface area contributed by atoms with Gasteiger partial charge in [0, 0.05) is 13.1 Å². The van der Waals surface area contributed by atoms with Crippen molar-refractivity contribution >= 4 is 5.91 Å². The lowest BCUT2D eigenvalue weighted by molar-refractivity contribution is -0.136. The Kier molecular flexibility index (Phi) is 4.59. The van der Waals surface area contributed by atoms with Crippen LogP contribution in [0.25, 0.3) is 0 Å². The Morgan fingerprint density at radius 2 is 2.05 bits per heavy atom. The van der Waals surface area contributed by atoms with Crippen LogP contribution in [0.3, 0.4) is 0 Å². The van der Waals surface area contributed by atoms with Crippen LogP contribution in [0.2, 0.25) is 0 Å². The number of furan rings is 1. The molecule has 3 rings (SSSR count). The normalized spacial score (nSPS) is 18.5. The van der Waals surface area contributed by atoms with Crippen LogP contribution in [0.4, 0.5) is 0 Å². The maximum absolute atomic E-state index is 12.9. The third-order valence-corrected chi connectivity index (χ3v) is 4.20. The van der Waals surface area contributed by atoms with E-state index in [9.17, 15) is 4.79 Å². The van der Waals surface area contributed by atoms with Gasteiger partial charge in [-0.25, -0.2) is 0 Å². The molecule has 22 heavy (non-hydrogen) atoms. The number of benzene rings is 1. The van der Waals surface area contributed by atoms with Crippen molar-refractivity contribution in [3.63, 3.8) is 0 Å². The Morgan fingerprint density at radius 1 is 1.23 bits per heavy atom. The maximum Gasteiger partial charge on any atom is 0.227 e. The lowest BCUT2D eigenvalue weighted by Crippen LogP contribution is -2.36. The first-order valence-corrected chi connectivity index (χ1v) is 7.76. The molecule has 0 spiro atoms. The Morgan fingerprint density at radius 3 is 2.68 bits per heavy atom. The average Bonchev–Trinajstić information content (AvgIpc) is 3.18. The Balaban J connectivity index is 1.74. The third kappa shape index (κ3) is 3.57. The summed E-state index contributed by atoms with van der Waals surface area (Å²) < 4.78 is 5.43. The van der Waals surface area contributed by atoms with Gasteiger partial charge in [0.15, 0.2) is 0 Å². The summed E-state index contributed by atoms with van der Waals surface area (Å²) in [5.74, 6) is 1.16. The summed E-state index contributed by atoms with van der Waals surface area (Å²) in [4.78, 5) is 17.0. The standard InChI is InChI=1S/C18H22N2O2/c1-19-10-9-16(13-19)18(21)20(14-17-8-5-11-22-17)12-15-6-3-2-4-7-15/h2-8,11,16H,9-10,12-14H2,1H3/t16-/m0/s1. The second-order valence-corrected chi connectivity index (χ2v) is 6.01. The molecule has 1 aromatic carbocycles. The van der Waals surface area contributed by atoms with Crippen molar-refractivity contribution < 1.29 is 9.21 Å². The summed E-state index contributed by atoms with van der Waals surface area (Å²) in [6.45, 7) is 3.00. The van der Waals surface area contributed by atoms with Gasteiger partial charge < -0.3 is 14.2 Å². The highest BCUT2D eigenvalue weighted by molar-refractivity contribution is 5.79. The van der Waals surface area contributed by atoms with E-state index in [-0.39, 0.29) is 11.8 Å². The maximum atomic E-state index is 12.9. The number of rotatable bonds is 5. The molecule has 0 aliphatic carbocycles. The van der Waals surface area contributed by atoms with E-state index in [0.29, 0.717) is 13.1 Å². The second-order valence-electron chi connectivity index (χ2n) is 6.01. The van der Waals surface area contributed by atoms with Gasteiger partial charge in [-0.2, -0.15) is 0 Å². The molecule has 0 saturated carbocycles. The van der Waals surface area contributed by atoms with Gasteiger partial charge in [0.2, 0.25) is 5.91 Å². The first kappa shape index (κ1) is 14.9. The Labute approximate surface area is 131 Å². The zero-order valence-corrected chi connectivity index (χ0v) is 12.9. The first-order chi connectivity index (χ1) is 10.7. The zero-order valence-electron chi connectivity index (χ0n) is 12.9. The van der Waals surface area contributed by atoms with E-state index >= 15 is 0 Å². The van der Waals surface area contributed by atoms with Crippen molar-refractivity contribution in [2.45, 2.75) is 19.5 Å². The highest BCUT2D eigenvalue weighted by Crippen LogP contribution is 2.20. The van der Waals surface area contributed by atoms with Crippen molar-refractivity contribution in [1.82, 2.24) is 9.80 Å². The van der Waals surface area contributed by atoms with E-state index in [2.05, 4.69) is 24.1 Å². The minimum Gasteiger partial charge on any atom is -0.467 e. The van der Waals surface area contributed by atoms with Crippen LogP contribution in [-0.4, -0.2) is 35.8 Å². The van der Waals surface area contributed by atoms with Crippen molar-refractivity contribution in [2.24, 2.45) is 5.92 Å². The molecule has 4 nitrogen and oxygen atoms in total. The van der Waals surface area contributed by atoms with Gasteiger partial charge in [-0.3, -0.25) is 4.79 Å². The number of hydrogen-bond acceptors (Lipinski definition) is 3. The Bertz CT molecular complexity index is 595. The molecular weight excluding hydrogens is 276 g/mol. The van der Waals surface area contributed by atoms with E-state index in [1.807, 2.05) is 35.2 Å². The van der Waals surface area contributed by atoms with E-state index in [4.69, 9.17) is 4.42 Å². The lowest BCUT2D eigenvalue weighted by Gasteiger charge is -2.25. The summed E-state index contributed by atoms with van der Waals surface area (Å²) in [6, 6.07) is 13.9. The lowest BCUT2D eigenvalue weighted by atomic mass is 10.1. The smallest absolute Gasteiger partial charge is 0.227 e. The van der Waals surface area contributed by atoms with Gasteiger partial charge in [-0.15, -0.1) is 0 Å². The van der Waals surface area contributed by atoms with Crippen molar-refractivity contribution in [3.05, 3.63) is 60.1 Å². The number of carbonyl (C=O) groups is 1. The predicted molar refractivity (Wildman–Crippen MR) is 85.0 cm³/mol. The average molecular weight is 298 g/mol. The van der Waals surface area contributed by atoms with Gasteiger partial charge >= 0.3 is 0 Å². The second kappa shape index (κ2) is 6.79. The first-order valence-electron chi connectivity index (χ1n) is 7.76. The summed E-state index contributed by atoms with van der Waals surface area (Å²) in [5, 5.41) is 0. The van der Waals surface area contributed by atoms with Crippen LogP contribution in [0.1, 0.15) is 17.7 Å². The van der Waals surface area contributed by atoms with Crippen LogP contribution in [0.5, 0.6) is 0 Å². The summed E-state index contributed by atoms with van der Waals surface area (Å²) in [7, 11) is 2.07. The van der Waals surface area contributed by atoms with Crippen molar-refractivity contribution in [3.8, 4) is 0 Å². The van der Waals surface area contributed by atoms with Crippen molar-refractivity contribution in [1.29, 1.82) is 0 Å². The molecule has 1 aliphatic rings. The van der Waals surface area contributed by atoms with E-state index in [0.717, 1.165) is 30.8 Å². The molecular formula is C18H22N2O2. The fourth-order valence-electron chi connectivity index (χ4n) is 3.00. The molecule has 116 valence electrons. The van der Waals surface area contributed by atoms with Gasteiger partial charge in [0.1, 0.15) is 5.76 Å². The van der Waals surface area contributed by atoms with Gasteiger partial charge in [-0.1, -0.05) is 30.3 Å². The van der Waals surface area contributed by atoms with Crippen LogP contribution in [-0.2, 0) is 17.9 Å².